The number of carbonyl (C=O) groups excluding carboxylic acids is 1. The van der Waals surface area contributed by atoms with Crippen LogP contribution in [0.15, 0.2) is 48.5 Å². The molecule has 0 fully saturated rings. The Morgan fingerprint density at radius 1 is 0.543 bits per heavy atom. The van der Waals surface area contributed by atoms with Gasteiger partial charge >= 0.3 is 23.9 Å². The highest BCUT2D eigenvalue weighted by Crippen LogP contribution is 2.06. The number of aliphatic hydroxyl groups is 3. The van der Waals surface area contributed by atoms with E-state index < -0.39 is 30.7 Å². The fourth-order valence-electron chi connectivity index (χ4n) is 1.73. The van der Waals surface area contributed by atoms with Gasteiger partial charge in [-0.15, -0.1) is 0 Å². The van der Waals surface area contributed by atoms with Gasteiger partial charge < -0.3 is 35.4 Å². The average molecular weight is 505 g/mol. The molecule has 0 spiro atoms. The minimum atomic E-state index is -1.06. The topological polar surface area (TPSA) is 199 Å². The van der Waals surface area contributed by atoms with E-state index >= 15 is 0 Å². The molecule has 0 aliphatic carbocycles. The molecule has 202 valence electrons. The SMILES string of the molecule is C.C.C.C.C.O=C(O)c1ccc(C(=O)O)cc1.O=C(O)c1ccc(C(=O)OCCO)cc1.OCO. The first-order valence-corrected chi connectivity index (χ1v) is 8.07. The third-order valence-corrected chi connectivity index (χ3v) is 3.07. The number of benzene rings is 2. The van der Waals surface area contributed by atoms with Gasteiger partial charge in [0.15, 0.2) is 0 Å². The van der Waals surface area contributed by atoms with Crippen molar-refractivity contribution in [2.45, 2.75) is 37.1 Å². The van der Waals surface area contributed by atoms with Crippen LogP contribution in [0.2, 0.25) is 0 Å². The first kappa shape index (κ1) is 44.8. The lowest BCUT2D eigenvalue weighted by molar-refractivity contribution is 0.0432. The number of carboxylic acid groups (broad SMARTS) is 3. The lowest BCUT2D eigenvalue weighted by Gasteiger charge is -2.02. The Labute approximate surface area is 206 Å². The van der Waals surface area contributed by atoms with E-state index in [0.717, 1.165) is 0 Å². The molecule has 0 saturated heterocycles. The predicted molar refractivity (Wildman–Crippen MR) is 134 cm³/mol. The fourth-order valence-corrected chi connectivity index (χ4v) is 1.73. The van der Waals surface area contributed by atoms with Crippen molar-refractivity contribution in [1.29, 1.82) is 0 Å². The lowest BCUT2D eigenvalue weighted by Crippen LogP contribution is -2.09. The molecule has 0 aliphatic heterocycles. The highest BCUT2D eigenvalue weighted by Gasteiger charge is 2.08. The van der Waals surface area contributed by atoms with Crippen LogP contribution in [0.4, 0.5) is 0 Å². The van der Waals surface area contributed by atoms with Crippen molar-refractivity contribution in [3.8, 4) is 0 Å². The zero-order valence-corrected chi connectivity index (χ0v) is 15.5. The maximum Gasteiger partial charge on any atom is 0.338 e. The number of hydrogen-bond donors (Lipinski definition) is 6. The summed E-state index contributed by atoms with van der Waals surface area (Å²) in [4.78, 5) is 42.4. The largest absolute Gasteiger partial charge is 0.478 e. The summed E-state index contributed by atoms with van der Waals surface area (Å²) in [5, 5.41) is 48.2. The van der Waals surface area contributed by atoms with Crippen molar-refractivity contribution in [1.82, 2.24) is 0 Å². The van der Waals surface area contributed by atoms with Crippen LogP contribution < -0.4 is 0 Å². The molecule has 0 bridgehead atoms. The van der Waals surface area contributed by atoms with Gasteiger partial charge in [-0.3, -0.25) is 0 Å². The number of ether oxygens (including phenoxy) is 1. The Kier molecular flexibility index (Phi) is 31.8. The van der Waals surface area contributed by atoms with E-state index in [2.05, 4.69) is 4.74 Å². The monoisotopic (exact) mass is 504 g/mol. The maximum atomic E-state index is 11.2. The van der Waals surface area contributed by atoms with E-state index in [-0.39, 0.29) is 72.6 Å². The summed E-state index contributed by atoms with van der Waals surface area (Å²) in [6.07, 6.45) is 0. The van der Waals surface area contributed by atoms with Crippen LogP contribution in [-0.4, -0.2) is 74.5 Å². The quantitative estimate of drug-likeness (QED) is 0.247. The van der Waals surface area contributed by atoms with Crippen LogP contribution in [0.1, 0.15) is 78.6 Å². The van der Waals surface area contributed by atoms with E-state index in [1.807, 2.05) is 0 Å². The van der Waals surface area contributed by atoms with E-state index in [9.17, 15) is 19.2 Å². The molecule has 11 nitrogen and oxygen atoms in total. The normalized spacial score (nSPS) is 7.86. The zero-order chi connectivity index (χ0) is 23.1. The van der Waals surface area contributed by atoms with Crippen LogP contribution in [0.25, 0.3) is 0 Å². The van der Waals surface area contributed by atoms with Crippen LogP contribution in [0.3, 0.4) is 0 Å². The first-order chi connectivity index (χ1) is 14.2. The molecule has 0 atom stereocenters. The second kappa shape index (κ2) is 24.8. The van der Waals surface area contributed by atoms with Crippen molar-refractivity contribution in [2.24, 2.45) is 0 Å². The molecule has 0 aromatic heterocycles. The lowest BCUT2D eigenvalue weighted by atomic mass is 10.1. The van der Waals surface area contributed by atoms with Crippen molar-refractivity contribution in [2.75, 3.05) is 20.0 Å². The molecule has 2 aromatic carbocycles. The van der Waals surface area contributed by atoms with Gasteiger partial charge in [-0.1, -0.05) is 37.1 Å². The predicted octanol–water partition coefficient (Wildman–Crippen LogP) is 3.73. The van der Waals surface area contributed by atoms with E-state index in [1.54, 1.807) is 0 Å². The second-order valence-corrected chi connectivity index (χ2v) is 5.07. The number of carbonyl (C=O) groups is 4. The Morgan fingerprint density at radius 2 is 0.771 bits per heavy atom. The summed E-state index contributed by atoms with van der Waals surface area (Å²) >= 11 is 0. The third kappa shape index (κ3) is 18.3. The number of hydrogen-bond acceptors (Lipinski definition) is 8. The summed E-state index contributed by atoms with van der Waals surface area (Å²) in [7, 11) is 0. The third-order valence-electron chi connectivity index (χ3n) is 3.07. The summed E-state index contributed by atoms with van der Waals surface area (Å²) in [6.45, 7) is -1.06. The Morgan fingerprint density at radius 3 is 0.971 bits per heavy atom. The molecule has 0 amide bonds. The summed E-state index contributed by atoms with van der Waals surface area (Å²) in [5.41, 5.74) is 0.530. The van der Waals surface area contributed by atoms with Crippen LogP contribution in [-0.2, 0) is 4.74 Å². The Bertz CT molecular complexity index is 797. The molecule has 2 rings (SSSR count). The average Bonchev–Trinajstić information content (AvgIpc) is 2.73. The molecule has 11 heteroatoms. The number of aromatic carboxylic acids is 3. The fraction of sp³-hybridized carbons (Fsp3) is 0.333. The zero-order valence-electron chi connectivity index (χ0n) is 15.5. The van der Waals surface area contributed by atoms with Crippen molar-refractivity contribution < 1.29 is 54.6 Å². The van der Waals surface area contributed by atoms with Crippen molar-refractivity contribution >= 4 is 23.9 Å². The standard InChI is InChI=1S/C10H10O5.C8H6O4.CH4O2.5CH4/c11-5-6-15-10(14)8-3-1-7(2-4-8)9(12)13;9-7(10)5-1-2-6(4-3-5)8(11)12;2-1-3;;;;;/h1-4,11H,5-6H2,(H,12,13);1-4H,(H,9,10)(H,11,12);2-3H,1H2;5*1H4. The maximum absolute atomic E-state index is 11.2. The first-order valence-electron chi connectivity index (χ1n) is 8.07. The van der Waals surface area contributed by atoms with Gasteiger partial charge in [0, 0.05) is 0 Å². The molecule has 0 unspecified atom stereocenters. The summed E-state index contributed by atoms with van der Waals surface area (Å²) in [6, 6.07) is 10.4. The van der Waals surface area contributed by atoms with Crippen molar-refractivity contribution in [3.63, 3.8) is 0 Å². The van der Waals surface area contributed by atoms with Gasteiger partial charge in [0.25, 0.3) is 0 Å². The molecule has 0 radical (unpaired) electrons. The molecule has 2 aromatic rings. The van der Waals surface area contributed by atoms with Crippen LogP contribution >= 0.6 is 0 Å². The van der Waals surface area contributed by atoms with Crippen LogP contribution in [0, 0.1) is 0 Å². The highest BCUT2D eigenvalue weighted by atomic mass is 16.5. The van der Waals surface area contributed by atoms with E-state index in [4.69, 9.17) is 30.6 Å². The van der Waals surface area contributed by atoms with Crippen molar-refractivity contribution in [3.05, 3.63) is 70.8 Å². The minimum Gasteiger partial charge on any atom is -0.478 e. The van der Waals surface area contributed by atoms with Gasteiger partial charge in [-0.25, -0.2) is 19.2 Å². The van der Waals surface area contributed by atoms with Gasteiger partial charge in [0.2, 0.25) is 0 Å². The highest BCUT2D eigenvalue weighted by molar-refractivity contribution is 5.92. The van der Waals surface area contributed by atoms with Crippen LogP contribution in [0.5, 0.6) is 0 Å². The van der Waals surface area contributed by atoms with E-state index in [1.165, 1.54) is 48.5 Å². The smallest absolute Gasteiger partial charge is 0.338 e. The Balaban J connectivity index is -0.0000000967. The van der Waals surface area contributed by atoms with Gasteiger partial charge in [0.1, 0.15) is 13.4 Å². The second-order valence-electron chi connectivity index (χ2n) is 5.07. The number of rotatable bonds is 6. The number of esters is 1. The minimum absolute atomic E-state index is 0. The van der Waals surface area contributed by atoms with Gasteiger partial charge in [-0.2, -0.15) is 0 Å². The molecule has 0 aliphatic rings. The number of aliphatic hydroxyl groups excluding tert-OH is 2. The molecule has 0 heterocycles. The molecular formula is C24H40O11. The van der Waals surface area contributed by atoms with Gasteiger partial charge in [0.05, 0.1) is 28.9 Å². The molecule has 6 N–H and O–H groups in total. The molecular weight excluding hydrogens is 464 g/mol. The van der Waals surface area contributed by atoms with E-state index in [0.29, 0.717) is 0 Å². The molecule has 0 saturated carbocycles. The van der Waals surface area contributed by atoms with Gasteiger partial charge in [-0.05, 0) is 48.5 Å². The Hall–Kier alpha value is -3.80. The number of carboxylic acids is 3. The summed E-state index contributed by atoms with van der Waals surface area (Å²) < 4.78 is 4.64. The molecule has 35 heavy (non-hydrogen) atoms. The summed E-state index contributed by atoms with van der Waals surface area (Å²) in [5.74, 6) is -3.76.